The highest BCUT2D eigenvalue weighted by atomic mass is 79.9. The van der Waals surface area contributed by atoms with Gasteiger partial charge in [0.15, 0.2) is 0 Å². The Balaban J connectivity index is 2.28. The summed E-state index contributed by atoms with van der Waals surface area (Å²) < 4.78 is 27.2. The molecule has 2 nitrogen and oxygen atoms in total. The number of carbonyl (C=O) groups is 1. The summed E-state index contributed by atoms with van der Waals surface area (Å²) >= 11 is 6.13. The molecule has 0 spiro atoms. The fourth-order valence-electron chi connectivity index (χ4n) is 1.46. The van der Waals surface area contributed by atoms with E-state index in [-0.39, 0.29) is 10.0 Å². The third kappa shape index (κ3) is 3.19. The number of nitrogens with one attached hydrogen (secondary N) is 1. The first-order valence-electron chi connectivity index (χ1n) is 5.19. The number of carbonyl (C=O) groups excluding carboxylic acids is 1. The average molecular weight is 391 g/mol. The normalized spacial score (nSPS) is 10.3. The summed E-state index contributed by atoms with van der Waals surface area (Å²) in [5, 5.41) is 2.51. The van der Waals surface area contributed by atoms with E-state index in [1.54, 1.807) is 6.07 Å². The molecule has 0 radical (unpaired) electrons. The van der Waals surface area contributed by atoms with Gasteiger partial charge in [-0.25, -0.2) is 8.78 Å². The number of hydrogen-bond donors (Lipinski definition) is 1. The van der Waals surface area contributed by atoms with Crippen molar-refractivity contribution in [3.63, 3.8) is 0 Å². The van der Waals surface area contributed by atoms with Crippen LogP contribution in [0.2, 0.25) is 0 Å². The van der Waals surface area contributed by atoms with Gasteiger partial charge in [-0.05, 0) is 62.2 Å². The largest absolute Gasteiger partial charge is 0.321 e. The van der Waals surface area contributed by atoms with Crippen LogP contribution < -0.4 is 5.32 Å². The van der Waals surface area contributed by atoms with Crippen molar-refractivity contribution in [2.75, 3.05) is 5.32 Å². The molecule has 1 amide bonds. The van der Waals surface area contributed by atoms with Crippen LogP contribution in [-0.4, -0.2) is 5.91 Å². The van der Waals surface area contributed by atoms with Crippen molar-refractivity contribution in [2.24, 2.45) is 0 Å². The maximum absolute atomic E-state index is 13.7. The van der Waals surface area contributed by atoms with Crippen LogP contribution in [0.15, 0.2) is 45.3 Å². The lowest BCUT2D eigenvalue weighted by Gasteiger charge is -2.08. The lowest BCUT2D eigenvalue weighted by atomic mass is 10.2. The van der Waals surface area contributed by atoms with Crippen LogP contribution >= 0.6 is 31.9 Å². The number of amides is 1. The molecular formula is C13H7Br2F2NO. The van der Waals surface area contributed by atoms with Gasteiger partial charge >= 0.3 is 0 Å². The molecule has 2 rings (SSSR count). The summed E-state index contributed by atoms with van der Waals surface area (Å²) in [5.41, 5.74) is 0.274. The van der Waals surface area contributed by atoms with Gasteiger partial charge in [0.05, 0.1) is 15.7 Å². The third-order valence-electron chi connectivity index (χ3n) is 2.38. The summed E-state index contributed by atoms with van der Waals surface area (Å²) in [6.07, 6.45) is 0. The Kier molecular flexibility index (Phi) is 4.31. The SMILES string of the molecule is O=C(Nc1ccc(F)cc1Br)c1cccc(Br)c1F. The molecule has 19 heavy (non-hydrogen) atoms. The number of halogens is 4. The van der Waals surface area contributed by atoms with Crippen LogP contribution in [0, 0.1) is 11.6 Å². The van der Waals surface area contributed by atoms with Gasteiger partial charge in [0.1, 0.15) is 11.6 Å². The molecule has 0 atom stereocenters. The minimum absolute atomic E-state index is 0.0920. The Morgan fingerprint density at radius 1 is 1.05 bits per heavy atom. The Hall–Kier alpha value is -1.27. The highest BCUT2D eigenvalue weighted by Gasteiger charge is 2.15. The second kappa shape index (κ2) is 5.79. The topological polar surface area (TPSA) is 29.1 Å². The van der Waals surface area contributed by atoms with E-state index in [4.69, 9.17) is 0 Å². The van der Waals surface area contributed by atoms with E-state index >= 15 is 0 Å². The monoisotopic (exact) mass is 389 g/mol. The molecule has 98 valence electrons. The summed E-state index contributed by atoms with van der Waals surface area (Å²) in [6, 6.07) is 8.24. The quantitative estimate of drug-likeness (QED) is 0.788. The van der Waals surface area contributed by atoms with E-state index in [0.717, 1.165) is 0 Å². The zero-order valence-electron chi connectivity index (χ0n) is 9.38. The molecule has 0 bridgehead atoms. The molecular weight excluding hydrogens is 384 g/mol. The molecule has 0 aliphatic carbocycles. The highest BCUT2D eigenvalue weighted by molar-refractivity contribution is 9.10. The van der Waals surface area contributed by atoms with E-state index in [9.17, 15) is 13.6 Å². The van der Waals surface area contributed by atoms with Crippen molar-refractivity contribution >= 4 is 43.5 Å². The van der Waals surface area contributed by atoms with Gasteiger partial charge in [0.2, 0.25) is 0 Å². The molecule has 0 aliphatic heterocycles. The van der Waals surface area contributed by atoms with Crippen molar-refractivity contribution in [2.45, 2.75) is 0 Å². The van der Waals surface area contributed by atoms with Gasteiger partial charge in [0.25, 0.3) is 5.91 Å². The van der Waals surface area contributed by atoms with Crippen molar-refractivity contribution in [1.82, 2.24) is 0 Å². The molecule has 2 aromatic rings. The standard InChI is InChI=1S/C13H7Br2F2NO/c14-9-3-1-2-8(12(9)17)13(19)18-11-5-4-7(16)6-10(11)15/h1-6H,(H,18,19). The van der Waals surface area contributed by atoms with E-state index in [0.29, 0.717) is 10.2 Å². The molecule has 0 aromatic heterocycles. The maximum atomic E-state index is 13.7. The Morgan fingerprint density at radius 2 is 1.79 bits per heavy atom. The first-order valence-corrected chi connectivity index (χ1v) is 6.78. The number of rotatable bonds is 2. The van der Waals surface area contributed by atoms with Gasteiger partial charge in [-0.3, -0.25) is 4.79 Å². The molecule has 0 saturated heterocycles. The van der Waals surface area contributed by atoms with Gasteiger partial charge in [-0.15, -0.1) is 0 Å². The van der Waals surface area contributed by atoms with E-state index in [1.807, 2.05) is 0 Å². The molecule has 0 unspecified atom stereocenters. The summed E-state index contributed by atoms with van der Waals surface area (Å²) in [5.74, 6) is -1.68. The van der Waals surface area contributed by atoms with Crippen LogP contribution in [0.4, 0.5) is 14.5 Å². The number of benzene rings is 2. The van der Waals surface area contributed by atoms with Crippen LogP contribution in [0.5, 0.6) is 0 Å². The van der Waals surface area contributed by atoms with Crippen LogP contribution in [0.25, 0.3) is 0 Å². The second-order valence-electron chi connectivity index (χ2n) is 3.68. The average Bonchev–Trinajstić information content (AvgIpc) is 2.36. The zero-order chi connectivity index (χ0) is 14.0. The summed E-state index contributed by atoms with van der Waals surface area (Å²) in [4.78, 5) is 11.9. The maximum Gasteiger partial charge on any atom is 0.258 e. The van der Waals surface area contributed by atoms with Gasteiger partial charge in [-0.2, -0.15) is 0 Å². The fraction of sp³-hybridized carbons (Fsp3) is 0. The predicted octanol–water partition coefficient (Wildman–Crippen LogP) is 4.74. The third-order valence-corrected chi connectivity index (χ3v) is 3.64. The van der Waals surface area contributed by atoms with Crippen molar-refractivity contribution < 1.29 is 13.6 Å². The lowest BCUT2D eigenvalue weighted by Crippen LogP contribution is -2.14. The van der Waals surface area contributed by atoms with Crippen molar-refractivity contribution in [3.8, 4) is 0 Å². The fourth-order valence-corrected chi connectivity index (χ4v) is 2.28. The van der Waals surface area contributed by atoms with Gasteiger partial charge < -0.3 is 5.32 Å². The molecule has 6 heteroatoms. The molecule has 1 N–H and O–H groups in total. The molecule has 0 heterocycles. The lowest BCUT2D eigenvalue weighted by molar-refractivity contribution is 0.102. The van der Waals surface area contributed by atoms with Crippen LogP contribution in [-0.2, 0) is 0 Å². The van der Waals surface area contributed by atoms with Crippen LogP contribution in [0.3, 0.4) is 0 Å². The van der Waals surface area contributed by atoms with Crippen LogP contribution in [0.1, 0.15) is 10.4 Å². The van der Waals surface area contributed by atoms with E-state index in [2.05, 4.69) is 37.2 Å². The molecule has 2 aromatic carbocycles. The summed E-state index contributed by atoms with van der Waals surface area (Å²) in [6.45, 7) is 0. The summed E-state index contributed by atoms with van der Waals surface area (Å²) in [7, 11) is 0. The predicted molar refractivity (Wildman–Crippen MR) is 76.2 cm³/mol. The first-order chi connectivity index (χ1) is 8.99. The Bertz CT molecular complexity index is 647. The first kappa shape index (κ1) is 14.1. The number of hydrogen-bond acceptors (Lipinski definition) is 1. The minimum Gasteiger partial charge on any atom is -0.321 e. The van der Waals surface area contributed by atoms with E-state index < -0.39 is 17.5 Å². The Morgan fingerprint density at radius 3 is 2.47 bits per heavy atom. The van der Waals surface area contributed by atoms with E-state index in [1.165, 1.54) is 30.3 Å². The second-order valence-corrected chi connectivity index (χ2v) is 5.39. The van der Waals surface area contributed by atoms with Crippen molar-refractivity contribution in [3.05, 3.63) is 62.5 Å². The highest BCUT2D eigenvalue weighted by Crippen LogP contribution is 2.25. The molecule has 0 saturated carbocycles. The van der Waals surface area contributed by atoms with Crippen molar-refractivity contribution in [1.29, 1.82) is 0 Å². The number of anilines is 1. The molecule has 0 aliphatic rings. The molecule has 0 fully saturated rings. The Labute approximate surface area is 125 Å². The smallest absolute Gasteiger partial charge is 0.258 e. The van der Waals surface area contributed by atoms with Gasteiger partial charge in [-0.1, -0.05) is 6.07 Å². The zero-order valence-corrected chi connectivity index (χ0v) is 12.6. The minimum atomic E-state index is -0.641. The van der Waals surface area contributed by atoms with Gasteiger partial charge in [0, 0.05) is 4.47 Å².